The molecule has 0 unspecified atom stereocenters. The second-order valence-corrected chi connectivity index (χ2v) is 6.87. The van der Waals surface area contributed by atoms with Gasteiger partial charge in [-0.3, -0.25) is 9.59 Å². The van der Waals surface area contributed by atoms with Crippen molar-refractivity contribution in [3.05, 3.63) is 65.2 Å². The van der Waals surface area contributed by atoms with Crippen molar-refractivity contribution in [2.24, 2.45) is 5.92 Å². The summed E-state index contributed by atoms with van der Waals surface area (Å²) >= 11 is 0. The molecule has 1 saturated heterocycles. The zero-order valence-electron chi connectivity index (χ0n) is 15.2. The normalized spacial score (nSPS) is 15.8. The van der Waals surface area contributed by atoms with Crippen LogP contribution in [-0.4, -0.2) is 29.8 Å². The lowest BCUT2D eigenvalue weighted by atomic mass is 9.99. The number of carbonyl (C=O) groups is 2. The molecular formula is C21H24N2O3. The van der Waals surface area contributed by atoms with Crippen molar-refractivity contribution in [3.63, 3.8) is 0 Å². The van der Waals surface area contributed by atoms with Gasteiger partial charge in [0.1, 0.15) is 11.5 Å². The maximum Gasteiger partial charge on any atom is 0.270 e. The predicted octanol–water partition coefficient (Wildman–Crippen LogP) is 3.62. The first kappa shape index (κ1) is 18.0. The average Bonchev–Trinajstić information content (AvgIpc) is 3.15. The number of likely N-dealkylation sites (tertiary alicyclic amines) is 1. The number of aryl methyl sites for hydroxylation is 1. The molecule has 26 heavy (non-hydrogen) atoms. The lowest BCUT2D eigenvalue weighted by molar-refractivity contribution is -0.128. The van der Waals surface area contributed by atoms with E-state index in [0.29, 0.717) is 30.3 Å². The van der Waals surface area contributed by atoms with Gasteiger partial charge in [-0.1, -0.05) is 24.6 Å². The molecular weight excluding hydrogens is 328 g/mol. The van der Waals surface area contributed by atoms with E-state index in [1.54, 1.807) is 35.2 Å². The summed E-state index contributed by atoms with van der Waals surface area (Å²) in [6, 6.07) is 10.8. The summed E-state index contributed by atoms with van der Waals surface area (Å²) in [5.41, 5.74) is 1.83. The molecule has 1 aliphatic heterocycles. The van der Waals surface area contributed by atoms with Gasteiger partial charge in [0, 0.05) is 24.7 Å². The number of rotatable bonds is 4. The number of benzene rings is 1. The Balaban J connectivity index is 1.80. The predicted molar refractivity (Wildman–Crippen MR) is 100 cm³/mol. The molecule has 1 aliphatic rings. The highest BCUT2D eigenvalue weighted by Crippen LogP contribution is 2.18. The van der Waals surface area contributed by atoms with Crippen LogP contribution < -0.4 is 5.32 Å². The molecule has 3 rings (SSSR count). The third kappa shape index (κ3) is 4.42. The van der Waals surface area contributed by atoms with Gasteiger partial charge in [0.2, 0.25) is 0 Å². The van der Waals surface area contributed by atoms with Crippen molar-refractivity contribution < 1.29 is 14.0 Å². The average molecular weight is 352 g/mol. The van der Waals surface area contributed by atoms with E-state index in [1.165, 1.54) is 6.26 Å². The molecule has 0 radical (unpaired) electrons. The summed E-state index contributed by atoms with van der Waals surface area (Å²) in [4.78, 5) is 27.3. The Morgan fingerprint density at radius 1 is 1.15 bits per heavy atom. The molecule has 1 N–H and O–H groups in total. The van der Waals surface area contributed by atoms with E-state index in [0.717, 1.165) is 18.4 Å². The molecule has 2 amide bonds. The minimum Gasteiger partial charge on any atom is -0.465 e. The van der Waals surface area contributed by atoms with Crippen molar-refractivity contribution in [2.75, 3.05) is 13.1 Å². The fraction of sp³-hybridized carbons (Fsp3) is 0.333. The van der Waals surface area contributed by atoms with Crippen LogP contribution in [0.25, 0.3) is 6.08 Å². The maximum absolute atomic E-state index is 13.0. The molecule has 0 atom stereocenters. The standard InChI is InChI=1S/C21H24N2O3/c1-15-5-7-17(8-6-15)20(24)22-19(14-18-4-3-13-26-18)21(25)23-11-9-16(2)10-12-23/h3-8,13-14,16H,9-12H2,1-2H3,(H,22,24)/b19-14-. The van der Waals surface area contributed by atoms with Gasteiger partial charge in [-0.05, 0) is 49.9 Å². The van der Waals surface area contributed by atoms with Crippen LogP contribution in [0.15, 0.2) is 52.8 Å². The Labute approximate surface area is 153 Å². The Kier molecular flexibility index (Phi) is 5.56. The molecule has 0 aliphatic carbocycles. The van der Waals surface area contributed by atoms with Gasteiger partial charge in [0.25, 0.3) is 11.8 Å². The topological polar surface area (TPSA) is 62.6 Å². The van der Waals surface area contributed by atoms with Crippen molar-refractivity contribution in [3.8, 4) is 0 Å². The van der Waals surface area contributed by atoms with Crippen LogP contribution >= 0.6 is 0 Å². The van der Waals surface area contributed by atoms with Gasteiger partial charge >= 0.3 is 0 Å². The molecule has 5 nitrogen and oxygen atoms in total. The smallest absolute Gasteiger partial charge is 0.270 e. The van der Waals surface area contributed by atoms with Crippen LogP contribution in [0.1, 0.15) is 41.4 Å². The van der Waals surface area contributed by atoms with Gasteiger partial charge < -0.3 is 14.6 Å². The first-order valence-corrected chi connectivity index (χ1v) is 8.95. The number of piperidine rings is 1. The summed E-state index contributed by atoms with van der Waals surface area (Å²) in [7, 11) is 0. The van der Waals surface area contributed by atoms with E-state index < -0.39 is 0 Å². The molecule has 0 spiro atoms. The van der Waals surface area contributed by atoms with E-state index in [-0.39, 0.29) is 17.5 Å². The van der Waals surface area contributed by atoms with E-state index >= 15 is 0 Å². The number of carbonyl (C=O) groups excluding carboxylic acids is 2. The highest BCUT2D eigenvalue weighted by molar-refractivity contribution is 6.05. The highest BCUT2D eigenvalue weighted by Gasteiger charge is 2.24. The maximum atomic E-state index is 13.0. The molecule has 1 aromatic heterocycles. The minimum atomic E-state index is -0.304. The molecule has 1 fully saturated rings. The molecule has 5 heteroatoms. The molecule has 136 valence electrons. The molecule has 1 aromatic carbocycles. The summed E-state index contributed by atoms with van der Waals surface area (Å²) in [5.74, 6) is 0.678. The number of hydrogen-bond acceptors (Lipinski definition) is 3. The minimum absolute atomic E-state index is 0.172. The van der Waals surface area contributed by atoms with Gasteiger partial charge in [-0.2, -0.15) is 0 Å². The monoisotopic (exact) mass is 352 g/mol. The van der Waals surface area contributed by atoms with E-state index in [1.807, 2.05) is 19.1 Å². The van der Waals surface area contributed by atoms with Crippen LogP contribution in [0, 0.1) is 12.8 Å². The van der Waals surface area contributed by atoms with Crippen molar-refractivity contribution >= 4 is 17.9 Å². The number of hydrogen-bond donors (Lipinski definition) is 1. The Bertz CT molecular complexity index is 783. The SMILES string of the molecule is Cc1ccc(C(=O)N/C(=C\c2ccco2)C(=O)N2CCC(C)CC2)cc1. The van der Waals surface area contributed by atoms with Crippen LogP contribution in [0.2, 0.25) is 0 Å². The molecule has 0 bridgehead atoms. The summed E-state index contributed by atoms with van der Waals surface area (Å²) in [6.45, 7) is 5.57. The molecule has 2 aromatic rings. The second-order valence-electron chi connectivity index (χ2n) is 6.87. The number of nitrogens with zero attached hydrogens (tertiary/aromatic N) is 1. The highest BCUT2D eigenvalue weighted by atomic mass is 16.3. The quantitative estimate of drug-likeness (QED) is 0.855. The van der Waals surface area contributed by atoms with Crippen LogP contribution in [0.5, 0.6) is 0 Å². The zero-order chi connectivity index (χ0) is 18.5. The summed E-state index contributed by atoms with van der Waals surface area (Å²) < 4.78 is 5.32. The lowest BCUT2D eigenvalue weighted by Gasteiger charge is -2.31. The van der Waals surface area contributed by atoms with E-state index in [9.17, 15) is 9.59 Å². The Morgan fingerprint density at radius 3 is 2.46 bits per heavy atom. The number of nitrogens with one attached hydrogen (secondary N) is 1. The first-order valence-electron chi connectivity index (χ1n) is 8.95. The Hall–Kier alpha value is -2.82. The molecule has 0 saturated carbocycles. The lowest BCUT2D eigenvalue weighted by Crippen LogP contribution is -2.42. The van der Waals surface area contributed by atoms with Crippen molar-refractivity contribution in [2.45, 2.75) is 26.7 Å². The van der Waals surface area contributed by atoms with Crippen LogP contribution in [0.4, 0.5) is 0 Å². The third-order valence-corrected chi connectivity index (χ3v) is 4.69. The summed E-state index contributed by atoms with van der Waals surface area (Å²) in [6.07, 6.45) is 5.09. The number of furan rings is 1. The number of amides is 2. The van der Waals surface area contributed by atoms with Gasteiger partial charge in [0.05, 0.1) is 6.26 Å². The van der Waals surface area contributed by atoms with Gasteiger partial charge in [-0.15, -0.1) is 0 Å². The fourth-order valence-corrected chi connectivity index (χ4v) is 2.95. The largest absolute Gasteiger partial charge is 0.465 e. The van der Waals surface area contributed by atoms with Gasteiger partial charge in [0.15, 0.2) is 0 Å². The summed E-state index contributed by atoms with van der Waals surface area (Å²) in [5, 5.41) is 2.77. The third-order valence-electron chi connectivity index (χ3n) is 4.69. The van der Waals surface area contributed by atoms with E-state index in [4.69, 9.17) is 4.42 Å². The zero-order valence-corrected chi connectivity index (χ0v) is 15.2. The van der Waals surface area contributed by atoms with Crippen LogP contribution in [-0.2, 0) is 4.79 Å². The fourth-order valence-electron chi connectivity index (χ4n) is 2.95. The van der Waals surface area contributed by atoms with Crippen molar-refractivity contribution in [1.82, 2.24) is 10.2 Å². The van der Waals surface area contributed by atoms with Crippen molar-refractivity contribution in [1.29, 1.82) is 0 Å². The first-order chi connectivity index (χ1) is 12.5. The molecule has 2 heterocycles. The Morgan fingerprint density at radius 2 is 1.85 bits per heavy atom. The van der Waals surface area contributed by atoms with Crippen LogP contribution in [0.3, 0.4) is 0 Å². The van der Waals surface area contributed by atoms with Gasteiger partial charge in [-0.25, -0.2) is 0 Å². The van der Waals surface area contributed by atoms with E-state index in [2.05, 4.69) is 12.2 Å². The second kappa shape index (κ2) is 8.04.